The van der Waals surface area contributed by atoms with Crippen LogP contribution in [0.1, 0.15) is 40.0 Å². The minimum absolute atomic E-state index is 1.19. The maximum Gasteiger partial charge on any atom is 0.111 e. The fraction of sp³-hybridized carbons (Fsp3) is 0.444. The highest BCUT2D eigenvalue weighted by Crippen LogP contribution is 2.35. The highest BCUT2D eigenvalue weighted by atomic mass is 28.3. The van der Waals surface area contributed by atoms with Crippen LogP contribution in [-0.4, -0.2) is 8.07 Å². The molecule has 0 N–H and O–H groups in total. The van der Waals surface area contributed by atoms with Gasteiger partial charge >= 0.3 is 0 Å². The van der Waals surface area contributed by atoms with E-state index in [1.165, 1.54) is 30.9 Å². The predicted octanol–water partition coefficient (Wildman–Crippen LogP) is 4.98. The van der Waals surface area contributed by atoms with Gasteiger partial charge in [-0.05, 0) is 26.3 Å². The molecule has 0 amide bonds. The Morgan fingerprint density at radius 3 is 2.32 bits per heavy atom. The molecule has 0 spiro atoms. The second-order valence-corrected chi connectivity index (χ2v) is 10.3. The first-order valence-electron chi connectivity index (χ1n) is 7.52. The van der Waals surface area contributed by atoms with Gasteiger partial charge in [-0.2, -0.15) is 0 Å². The minimum atomic E-state index is -1.49. The summed E-state index contributed by atoms with van der Waals surface area (Å²) in [5.41, 5.74) is 3.08. The molecule has 0 heterocycles. The SMILES string of the molecule is CCCC[Si](C)(C1=C(C)C(C)=CC1)c1ccccc1. The molecule has 0 aliphatic heterocycles. The lowest BCUT2D eigenvalue weighted by Crippen LogP contribution is -2.47. The predicted molar refractivity (Wildman–Crippen MR) is 88.5 cm³/mol. The maximum absolute atomic E-state index is 2.57. The Hall–Kier alpha value is -1.08. The third kappa shape index (κ3) is 2.76. The van der Waals surface area contributed by atoms with Crippen LogP contribution in [0.3, 0.4) is 0 Å². The number of benzene rings is 1. The zero-order valence-corrected chi connectivity index (χ0v) is 13.8. The van der Waals surface area contributed by atoms with E-state index >= 15 is 0 Å². The topological polar surface area (TPSA) is 0 Å². The molecule has 102 valence electrons. The molecule has 0 fully saturated rings. The zero-order valence-electron chi connectivity index (χ0n) is 12.8. The van der Waals surface area contributed by atoms with Crippen LogP contribution in [0, 0.1) is 0 Å². The first-order chi connectivity index (χ1) is 9.09. The Kier molecular flexibility index (Phi) is 4.46. The first kappa shape index (κ1) is 14.3. The smallest absolute Gasteiger partial charge is 0.0776 e. The standard InChI is InChI=1S/C18H26Si/c1-5-6-14-19(4,17-10-8-7-9-11-17)18-13-12-15(2)16(18)3/h7-12H,5-6,13-14H2,1-4H3. The second-order valence-electron chi connectivity index (χ2n) is 6.00. The summed E-state index contributed by atoms with van der Waals surface area (Å²) in [5, 5.41) is 3.38. The molecule has 0 saturated heterocycles. The highest BCUT2D eigenvalue weighted by Gasteiger charge is 2.35. The average molecular weight is 270 g/mol. The fourth-order valence-corrected chi connectivity index (χ4v) is 7.75. The number of allylic oxidation sites excluding steroid dienone is 4. The Labute approximate surface area is 119 Å². The Bertz CT molecular complexity index is 496. The number of unbranched alkanes of at least 4 members (excludes halogenated alkanes) is 1. The number of hydrogen-bond donors (Lipinski definition) is 0. The van der Waals surface area contributed by atoms with Gasteiger partial charge in [-0.3, -0.25) is 0 Å². The lowest BCUT2D eigenvalue weighted by Gasteiger charge is -2.31. The van der Waals surface area contributed by atoms with Crippen LogP contribution in [0.4, 0.5) is 0 Å². The Morgan fingerprint density at radius 1 is 1.11 bits per heavy atom. The van der Waals surface area contributed by atoms with E-state index in [0.29, 0.717) is 0 Å². The van der Waals surface area contributed by atoms with Gasteiger partial charge in [0.15, 0.2) is 0 Å². The summed E-state index contributed by atoms with van der Waals surface area (Å²) in [6.45, 7) is 9.47. The molecule has 0 bridgehead atoms. The number of rotatable bonds is 5. The third-order valence-electron chi connectivity index (χ3n) is 4.76. The van der Waals surface area contributed by atoms with Gasteiger partial charge < -0.3 is 0 Å². The first-order valence-corrected chi connectivity index (χ1v) is 10.2. The van der Waals surface area contributed by atoms with Gasteiger partial charge in [0.05, 0.1) is 0 Å². The summed E-state index contributed by atoms with van der Waals surface area (Å²) >= 11 is 0. The largest absolute Gasteiger partial charge is 0.111 e. The van der Waals surface area contributed by atoms with E-state index in [1.54, 1.807) is 16.0 Å². The van der Waals surface area contributed by atoms with Crippen molar-refractivity contribution in [3.63, 3.8) is 0 Å². The van der Waals surface area contributed by atoms with Crippen molar-refractivity contribution < 1.29 is 0 Å². The summed E-state index contributed by atoms with van der Waals surface area (Å²) in [6, 6.07) is 12.7. The lowest BCUT2D eigenvalue weighted by molar-refractivity contribution is 0.869. The van der Waals surface area contributed by atoms with Gasteiger partial charge in [0.25, 0.3) is 0 Å². The second kappa shape index (κ2) is 5.92. The Morgan fingerprint density at radius 2 is 1.79 bits per heavy atom. The molecule has 1 aromatic carbocycles. The van der Waals surface area contributed by atoms with Crippen LogP contribution in [0.2, 0.25) is 12.6 Å². The molecule has 1 atom stereocenters. The van der Waals surface area contributed by atoms with E-state index in [1.807, 2.05) is 0 Å². The maximum atomic E-state index is 2.57. The zero-order chi connectivity index (χ0) is 13.9. The molecule has 1 heteroatoms. The van der Waals surface area contributed by atoms with Crippen molar-refractivity contribution in [3.8, 4) is 0 Å². The summed E-state index contributed by atoms with van der Waals surface area (Å²) in [5.74, 6) is 0. The molecule has 0 nitrogen and oxygen atoms in total. The minimum Gasteiger partial charge on any atom is -0.0776 e. The van der Waals surface area contributed by atoms with Crippen LogP contribution in [0.15, 0.2) is 52.8 Å². The van der Waals surface area contributed by atoms with Crippen molar-refractivity contribution in [2.75, 3.05) is 0 Å². The molecule has 19 heavy (non-hydrogen) atoms. The van der Waals surface area contributed by atoms with Crippen LogP contribution >= 0.6 is 0 Å². The highest BCUT2D eigenvalue weighted by molar-refractivity contribution is 6.96. The van der Waals surface area contributed by atoms with E-state index in [0.717, 1.165) is 0 Å². The van der Waals surface area contributed by atoms with E-state index in [9.17, 15) is 0 Å². The molecule has 1 aromatic rings. The molecular formula is C18H26Si. The summed E-state index contributed by atoms with van der Waals surface area (Å²) in [4.78, 5) is 0. The van der Waals surface area contributed by atoms with E-state index < -0.39 is 8.07 Å². The monoisotopic (exact) mass is 270 g/mol. The van der Waals surface area contributed by atoms with Crippen molar-refractivity contribution in [3.05, 3.63) is 52.8 Å². The molecule has 0 aromatic heterocycles. The summed E-state index contributed by atoms with van der Waals surface area (Å²) < 4.78 is 0. The van der Waals surface area contributed by atoms with Gasteiger partial charge in [-0.1, -0.05) is 84.2 Å². The fourth-order valence-electron chi connectivity index (χ4n) is 3.24. The van der Waals surface area contributed by atoms with Gasteiger partial charge in [0, 0.05) is 0 Å². The van der Waals surface area contributed by atoms with E-state index in [4.69, 9.17) is 0 Å². The van der Waals surface area contributed by atoms with E-state index in [-0.39, 0.29) is 0 Å². The third-order valence-corrected chi connectivity index (χ3v) is 9.64. The molecular weight excluding hydrogens is 244 g/mol. The van der Waals surface area contributed by atoms with Crippen molar-refractivity contribution in [2.45, 2.75) is 52.6 Å². The molecule has 0 radical (unpaired) electrons. The summed E-state index contributed by atoms with van der Waals surface area (Å²) in [7, 11) is -1.49. The van der Waals surface area contributed by atoms with Gasteiger partial charge in [0.2, 0.25) is 0 Å². The van der Waals surface area contributed by atoms with Gasteiger partial charge in [-0.15, -0.1) is 0 Å². The Balaban J connectivity index is 2.42. The molecule has 0 saturated carbocycles. The molecule has 1 aliphatic rings. The van der Waals surface area contributed by atoms with Gasteiger partial charge in [0.1, 0.15) is 8.07 Å². The molecule has 1 aliphatic carbocycles. The molecule has 2 rings (SSSR count). The number of hydrogen-bond acceptors (Lipinski definition) is 0. The van der Waals surface area contributed by atoms with Crippen LogP contribution < -0.4 is 5.19 Å². The van der Waals surface area contributed by atoms with Crippen LogP contribution in [0.25, 0.3) is 0 Å². The molecule has 1 unspecified atom stereocenters. The normalized spacial score (nSPS) is 18.4. The summed E-state index contributed by atoms with van der Waals surface area (Å²) in [6.07, 6.45) is 6.27. The van der Waals surface area contributed by atoms with E-state index in [2.05, 4.69) is 63.7 Å². The average Bonchev–Trinajstić information content (AvgIpc) is 2.78. The lowest BCUT2D eigenvalue weighted by atomic mass is 10.2. The van der Waals surface area contributed by atoms with Crippen molar-refractivity contribution in [1.82, 2.24) is 0 Å². The quantitative estimate of drug-likeness (QED) is 0.662. The van der Waals surface area contributed by atoms with Gasteiger partial charge in [-0.25, -0.2) is 0 Å². The van der Waals surface area contributed by atoms with Crippen molar-refractivity contribution in [1.29, 1.82) is 0 Å². The van der Waals surface area contributed by atoms with Crippen LogP contribution in [0.5, 0.6) is 0 Å². The van der Waals surface area contributed by atoms with Crippen molar-refractivity contribution in [2.24, 2.45) is 0 Å². The van der Waals surface area contributed by atoms with Crippen molar-refractivity contribution >= 4 is 13.3 Å². The van der Waals surface area contributed by atoms with Crippen LogP contribution in [-0.2, 0) is 0 Å².